The molecule has 0 saturated carbocycles. The fourth-order valence-electron chi connectivity index (χ4n) is 2.08. The molecule has 0 aliphatic heterocycles. The molecule has 1 atom stereocenters. The fourth-order valence-corrected chi connectivity index (χ4v) is 2.59. The molecule has 114 valence electrons. The molecule has 0 amide bonds. The number of hydrogen-bond donors (Lipinski definition) is 1. The molecule has 0 aliphatic carbocycles. The Labute approximate surface area is 128 Å². The van der Waals surface area contributed by atoms with Gasteiger partial charge >= 0.3 is 6.18 Å². The first-order valence-electron chi connectivity index (χ1n) is 6.37. The van der Waals surface area contributed by atoms with Crippen LogP contribution in [0.15, 0.2) is 35.1 Å². The normalized spacial score (nSPS) is 13.4. The second-order valence-corrected chi connectivity index (χ2v) is 5.44. The van der Waals surface area contributed by atoms with Crippen LogP contribution in [0.3, 0.4) is 0 Å². The number of aliphatic hydroxyl groups excluding tert-OH is 1. The van der Waals surface area contributed by atoms with Crippen molar-refractivity contribution < 1.29 is 18.3 Å². The molecule has 0 fully saturated rings. The number of rotatable bonds is 4. The van der Waals surface area contributed by atoms with Gasteiger partial charge in [-0.25, -0.2) is 4.98 Å². The van der Waals surface area contributed by atoms with E-state index in [4.69, 9.17) is 0 Å². The standard InChI is InChI=1S/C14H14BrF3N2O/c1-2-20-6-5-19-13(20)8-12(21)10-7-9(14(16,17)18)3-4-11(10)15/h3-7,12,21H,2,8H2,1H3. The fraction of sp³-hybridized carbons (Fsp3) is 0.357. The van der Waals surface area contributed by atoms with Crippen molar-refractivity contribution in [1.82, 2.24) is 9.55 Å². The summed E-state index contributed by atoms with van der Waals surface area (Å²) in [6.45, 7) is 2.61. The van der Waals surface area contributed by atoms with Crippen LogP contribution in [0.2, 0.25) is 0 Å². The smallest absolute Gasteiger partial charge is 0.388 e. The summed E-state index contributed by atoms with van der Waals surface area (Å²) >= 11 is 3.18. The zero-order valence-corrected chi connectivity index (χ0v) is 12.8. The summed E-state index contributed by atoms with van der Waals surface area (Å²) in [5.41, 5.74) is -0.575. The second-order valence-electron chi connectivity index (χ2n) is 4.58. The van der Waals surface area contributed by atoms with E-state index < -0.39 is 17.8 Å². The van der Waals surface area contributed by atoms with Gasteiger partial charge in [0.15, 0.2) is 0 Å². The monoisotopic (exact) mass is 362 g/mol. The van der Waals surface area contributed by atoms with Crippen molar-refractivity contribution in [3.63, 3.8) is 0 Å². The van der Waals surface area contributed by atoms with E-state index in [-0.39, 0.29) is 12.0 Å². The maximum Gasteiger partial charge on any atom is 0.416 e. The third-order valence-corrected chi connectivity index (χ3v) is 3.92. The Balaban J connectivity index is 2.28. The van der Waals surface area contributed by atoms with Crippen molar-refractivity contribution in [2.24, 2.45) is 0 Å². The lowest BCUT2D eigenvalue weighted by Gasteiger charge is -2.16. The predicted octanol–water partition coefficient (Wildman–Crippen LogP) is 3.96. The van der Waals surface area contributed by atoms with Crippen molar-refractivity contribution in [3.8, 4) is 0 Å². The molecule has 21 heavy (non-hydrogen) atoms. The van der Waals surface area contributed by atoms with Gasteiger partial charge in [-0.2, -0.15) is 13.2 Å². The summed E-state index contributed by atoms with van der Waals surface area (Å²) in [6.07, 6.45) is -1.97. The highest BCUT2D eigenvalue weighted by Crippen LogP contribution is 2.34. The largest absolute Gasteiger partial charge is 0.416 e. The molecule has 0 saturated heterocycles. The second kappa shape index (κ2) is 6.19. The summed E-state index contributed by atoms with van der Waals surface area (Å²) < 4.78 is 40.5. The molecule has 0 bridgehead atoms. The first kappa shape index (κ1) is 16.0. The van der Waals surface area contributed by atoms with Gasteiger partial charge in [0, 0.05) is 29.8 Å². The van der Waals surface area contributed by atoms with Crippen LogP contribution >= 0.6 is 15.9 Å². The molecule has 1 aromatic carbocycles. The Hall–Kier alpha value is -1.34. The van der Waals surface area contributed by atoms with Gasteiger partial charge in [-0.1, -0.05) is 15.9 Å². The van der Waals surface area contributed by atoms with Gasteiger partial charge < -0.3 is 9.67 Å². The van der Waals surface area contributed by atoms with E-state index in [2.05, 4.69) is 20.9 Å². The van der Waals surface area contributed by atoms with E-state index >= 15 is 0 Å². The van der Waals surface area contributed by atoms with Crippen LogP contribution in [0.5, 0.6) is 0 Å². The number of aromatic nitrogens is 2. The molecular weight excluding hydrogens is 349 g/mol. The molecule has 1 heterocycles. The van der Waals surface area contributed by atoms with E-state index in [9.17, 15) is 18.3 Å². The lowest BCUT2D eigenvalue weighted by molar-refractivity contribution is -0.137. The number of aliphatic hydroxyl groups is 1. The average molecular weight is 363 g/mol. The quantitative estimate of drug-likeness (QED) is 0.893. The SMILES string of the molecule is CCn1ccnc1CC(O)c1cc(C(F)(F)F)ccc1Br. The maximum atomic E-state index is 12.7. The number of alkyl halides is 3. The topological polar surface area (TPSA) is 38.0 Å². The van der Waals surface area contributed by atoms with Gasteiger partial charge in [0.1, 0.15) is 5.82 Å². The Morgan fingerprint density at radius 2 is 2.10 bits per heavy atom. The number of nitrogens with zero attached hydrogens (tertiary/aromatic N) is 2. The molecule has 2 aromatic rings. The highest BCUT2D eigenvalue weighted by Gasteiger charge is 2.31. The van der Waals surface area contributed by atoms with Gasteiger partial charge in [-0.05, 0) is 30.7 Å². The Morgan fingerprint density at radius 1 is 1.38 bits per heavy atom. The molecule has 2 rings (SSSR count). The van der Waals surface area contributed by atoms with Gasteiger partial charge in [0.25, 0.3) is 0 Å². The molecular formula is C14H14BrF3N2O. The van der Waals surface area contributed by atoms with Crippen molar-refractivity contribution in [2.75, 3.05) is 0 Å². The Morgan fingerprint density at radius 3 is 2.71 bits per heavy atom. The lowest BCUT2D eigenvalue weighted by Crippen LogP contribution is -2.11. The highest BCUT2D eigenvalue weighted by molar-refractivity contribution is 9.10. The minimum atomic E-state index is -4.43. The van der Waals surface area contributed by atoms with Crippen molar-refractivity contribution in [3.05, 3.63) is 52.0 Å². The molecule has 7 heteroatoms. The minimum Gasteiger partial charge on any atom is -0.388 e. The van der Waals surface area contributed by atoms with Crippen molar-refractivity contribution in [1.29, 1.82) is 0 Å². The number of benzene rings is 1. The van der Waals surface area contributed by atoms with Gasteiger partial charge in [-0.3, -0.25) is 0 Å². The molecule has 1 aromatic heterocycles. The summed E-state index contributed by atoms with van der Waals surface area (Å²) in [6, 6.07) is 3.24. The zero-order valence-electron chi connectivity index (χ0n) is 11.2. The predicted molar refractivity (Wildman–Crippen MR) is 75.7 cm³/mol. The summed E-state index contributed by atoms with van der Waals surface area (Å²) in [4.78, 5) is 4.12. The van der Waals surface area contributed by atoms with Gasteiger partial charge in [-0.15, -0.1) is 0 Å². The molecule has 3 nitrogen and oxygen atoms in total. The summed E-state index contributed by atoms with van der Waals surface area (Å²) in [7, 11) is 0. The highest BCUT2D eigenvalue weighted by atomic mass is 79.9. The summed E-state index contributed by atoms with van der Waals surface area (Å²) in [5.74, 6) is 0.634. The van der Waals surface area contributed by atoms with E-state index in [0.717, 1.165) is 12.1 Å². The zero-order chi connectivity index (χ0) is 15.6. The molecule has 1 N–H and O–H groups in total. The number of halogens is 4. The molecule has 0 radical (unpaired) electrons. The number of imidazole rings is 1. The van der Waals surface area contributed by atoms with Crippen LogP contribution in [0, 0.1) is 0 Å². The maximum absolute atomic E-state index is 12.7. The van der Waals surface area contributed by atoms with E-state index in [0.29, 0.717) is 16.8 Å². The summed E-state index contributed by atoms with van der Waals surface area (Å²) in [5, 5.41) is 10.2. The van der Waals surface area contributed by atoms with Crippen LogP contribution in [-0.2, 0) is 19.1 Å². The third-order valence-electron chi connectivity index (χ3n) is 3.20. The molecule has 1 unspecified atom stereocenters. The van der Waals surface area contributed by atoms with Crippen LogP contribution in [0.1, 0.15) is 30.0 Å². The van der Waals surface area contributed by atoms with E-state index in [1.54, 1.807) is 12.4 Å². The van der Waals surface area contributed by atoms with Crippen molar-refractivity contribution >= 4 is 15.9 Å². The molecule has 0 spiro atoms. The Bertz CT molecular complexity index is 625. The van der Waals surface area contributed by atoms with Crippen molar-refractivity contribution in [2.45, 2.75) is 32.2 Å². The first-order chi connectivity index (χ1) is 9.82. The van der Waals surface area contributed by atoms with Crippen LogP contribution in [-0.4, -0.2) is 14.7 Å². The number of hydrogen-bond acceptors (Lipinski definition) is 2. The average Bonchev–Trinajstić information content (AvgIpc) is 2.84. The third kappa shape index (κ3) is 3.65. The minimum absolute atomic E-state index is 0.154. The van der Waals surface area contributed by atoms with Gasteiger partial charge in [0.2, 0.25) is 0 Å². The van der Waals surface area contributed by atoms with E-state index in [1.807, 2.05) is 11.5 Å². The first-order valence-corrected chi connectivity index (χ1v) is 7.17. The van der Waals surface area contributed by atoms with Crippen LogP contribution in [0.4, 0.5) is 13.2 Å². The molecule has 0 aliphatic rings. The van der Waals surface area contributed by atoms with Gasteiger partial charge in [0.05, 0.1) is 11.7 Å². The van der Waals surface area contributed by atoms with Crippen LogP contribution < -0.4 is 0 Å². The van der Waals surface area contributed by atoms with E-state index in [1.165, 1.54) is 6.07 Å². The lowest BCUT2D eigenvalue weighted by atomic mass is 10.0. The number of aryl methyl sites for hydroxylation is 1. The Kier molecular flexibility index (Phi) is 4.73. The van der Waals surface area contributed by atoms with Crippen LogP contribution in [0.25, 0.3) is 0 Å².